The van der Waals surface area contributed by atoms with Gasteiger partial charge >= 0.3 is 5.97 Å². The first-order valence-corrected chi connectivity index (χ1v) is 5.97. The van der Waals surface area contributed by atoms with Gasteiger partial charge in [-0.05, 0) is 24.6 Å². The van der Waals surface area contributed by atoms with E-state index in [1.165, 1.54) is 18.3 Å². The third-order valence-electron chi connectivity index (χ3n) is 2.53. The van der Waals surface area contributed by atoms with Crippen LogP contribution in [-0.2, 0) is 4.79 Å². The second-order valence-electron chi connectivity index (χ2n) is 4.11. The molecule has 1 atom stereocenters. The van der Waals surface area contributed by atoms with Gasteiger partial charge in [0.1, 0.15) is 5.69 Å². The molecule has 1 unspecified atom stereocenters. The van der Waals surface area contributed by atoms with E-state index in [4.69, 9.17) is 5.11 Å². The molecule has 21 heavy (non-hydrogen) atoms. The maximum Gasteiger partial charge on any atom is 0.328 e. The van der Waals surface area contributed by atoms with Crippen molar-refractivity contribution in [3.63, 3.8) is 0 Å². The number of aromatic amines is 1. The van der Waals surface area contributed by atoms with Crippen LogP contribution in [0.1, 0.15) is 34.8 Å². The second-order valence-corrected chi connectivity index (χ2v) is 4.11. The molecule has 0 aromatic carbocycles. The number of carboxylic acids is 1. The van der Waals surface area contributed by atoms with Crippen molar-refractivity contribution in [1.82, 2.24) is 30.9 Å². The molecule has 0 aliphatic rings. The number of hydrogen-bond acceptors (Lipinski definition) is 6. The highest BCUT2D eigenvalue weighted by Gasteiger charge is 2.15. The molecule has 1 amide bonds. The van der Waals surface area contributed by atoms with Crippen molar-refractivity contribution >= 4 is 18.0 Å². The van der Waals surface area contributed by atoms with Gasteiger partial charge in [-0.15, -0.1) is 10.2 Å². The predicted octanol–water partition coefficient (Wildman–Crippen LogP) is 0.183. The number of nitrogens with one attached hydrogen (secondary N) is 2. The first-order chi connectivity index (χ1) is 10.1. The van der Waals surface area contributed by atoms with Crippen molar-refractivity contribution in [2.75, 3.05) is 0 Å². The monoisotopic (exact) mass is 288 g/mol. The first-order valence-electron chi connectivity index (χ1n) is 5.97. The molecule has 2 aromatic rings. The number of hydrogen-bond donors (Lipinski definition) is 3. The third kappa shape index (κ3) is 3.93. The predicted molar refractivity (Wildman–Crippen MR) is 71.0 cm³/mol. The standard InChI is InChI=1S/C12H12N6O3/c1-7(11-15-17-18-16-11)14-12(21)9-4-2-8(6-13-9)3-5-10(19)20/h2-7H,1H3,(H,14,21)(H,19,20)(H,15,16,17,18). The summed E-state index contributed by atoms with van der Waals surface area (Å²) >= 11 is 0. The zero-order valence-corrected chi connectivity index (χ0v) is 11.0. The Labute approximate surface area is 119 Å². The number of carbonyl (C=O) groups is 2. The lowest BCUT2D eigenvalue weighted by Crippen LogP contribution is -2.28. The Bertz CT molecular complexity index is 650. The van der Waals surface area contributed by atoms with E-state index in [0.717, 1.165) is 6.08 Å². The SMILES string of the molecule is CC(NC(=O)c1ccc(C=CC(=O)O)cn1)c1nn[nH]n1. The quantitative estimate of drug-likeness (QED) is 0.668. The van der Waals surface area contributed by atoms with Crippen LogP contribution in [0.5, 0.6) is 0 Å². The molecule has 0 aliphatic carbocycles. The molecule has 2 rings (SSSR count). The van der Waals surface area contributed by atoms with Gasteiger partial charge in [0.15, 0.2) is 5.82 Å². The summed E-state index contributed by atoms with van der Waals surface area (Å²) in [6, 6.07) is 2.69. The fraction of sp³-hybridized carbons (Fsp3) is 0.167. The lowest BCUT2D eigenvalue weighted by atomic mass is 10.2. The molecule has 0 saturated carbocycles. The summed E-state index contributed by atoms with van der Waals surface area (Å²) in [5.74, 6) is -1.07. The molecule has 2 heterocycles. The number of carboxylic acid groups (broad SMARTS) is 1. The Kier molecular flexibility index (Phi) is 4.34. The van der Waals surface area contributed by atoms with Crippen LogP contribution in [0.4, 0.5) is 0 Å². The molecule has 108 valence electrons. The van der Waals surface area contributed by atoms with E-state index >= 15 is 0 Å². The summed E-state index contributed by atoms with van der Waals surface area (Å²) in [4.78, 5) is 26.3. The zero-order valence-electron chi connectivity index (χ0n) is 11.0. The van der Waals surface area contributed by atoms with Gasteiger partial charge < -0.3 is 10.4 Å². The van der Waals surface area contributed by atoms with Gasteiger partial charge in [0.2, 0.25) is 0 Å². The maximum atomic E-state index is 12.0. The number of rotatable bonds is 5. The molecule has 9 nitrogen and oxygen atoms in total. The van der Waals surface area contributed by atoms with Gasteiger partial charge in [0.05, 0.1) is 6.04 Å². The van der Waals surface area contributed by atoms with Crippen LogP contribution < -0.4 is 5.32 Å². The summed E-state index contributed by atoms with van der Waals surface area (Å²) in [5, 5.41) is 24.4. The van der Waals surface area contributed by atoms with Gasteiger partial charge in [-0.1, -0.05) is 11.3 Å². The zero-order chi connectivity index (χ0) is 15.2. The Morgan fingerprint density at radius 2 is 2.24 bits per heavy atom. The Morgan fingerprint density at radius 1 is 1.43 bits per heavy atom. The Morgan fingerprint density at radius 3 is 2.81 bits per heavy atom. The van der Waals surface area contributed by atoms with E-state index in [0.29, 0.717) is 11.4 Å². The molecule has 0 aliphatic heterocycles. The van der Waals surface area contributed by atoms with Crippen molar-refractivity contribution in [2.45, 2.75) is 13.0 Å². The van der Waals surface area contributed by atoms with Crippen LogP contribution >= 0.6 is 0 Å². The summed E-state index contributed by atoms with van der Waals surface area (Å²) in [6.45, 7) is 1.72. The first kappa shape index (κ1) is 14.3. The van der Waals surface area contributed by atoms with E-state index in [1.54, 1.807) is 13.0 Å². The normalized spacial score (nSPS) is 12.2. The lowest BCUT2D eigenvalue weighted by molar-refractivity contribution is -0.131. The van der Waals surface area contributed by atoms with Gasteiger partial charge in [0, 0.05) is 12.3 Å². The minimum absolute atomic E-state index is 0.206. The summed E-state index contributed by atoms with van der Waals surface area (Å²) in [7, 11) is 0. The largest absolute Gasteiger partial charge is 0.478 e. The Balaban J connectivity index is 2.01. The fourth-order valence-corrected chi connectivity index (χ4v) is 1.49. The van der Waals surface area contributed by atoms with Crippen LogP contribution in [0.2, 0.25) is 0 Å². The Hall–Kier alpha value is -3.10. The van der Waals surface area contributed by atoms with E-state index in [2.05, 4.69) is 30.9 Å². The number of H-pyrrole nitrogens is 1. The average molecular weight is 288 g/mol. The molecule has 0 bridgehead atoms. The van der Waals surface area contributed by atoms with Crippen LogP contribution in [0, 0.1) is 0 Å². The molecule has 0 spiro atoms. The summed E-state index contributed by atoms with van der Waals surface area (Å²) in [5.41, 5.74) is 0.790. The number of amides is 1. The van der Waals surface area contributed by atoms with E-state index in [-0.39, 0.29) is 11.6 Å². The van der Waals surface area contributed by atoms with Crippen molar-refractivity contribution in [2.24, 2.45) is 0 Å². The van der Waals surface area contributed by atoms with Crippen molar-refractivity contribution in [1.29, 1.82) is 0 Å². The molecule has 0 saturated heterocycles. The fourth-order valence-electron chi connectivity index (χ4n) is 1.49. The summed E-state index contributed by atoms with van der Waals surface area (Å²) < 4.78 is 0. The minimum Gasteiger partial charge on any atom is -0.478 e. The third-order valence-corrected chi connectivity index (χ3v) is 2.53. The van der Waals surface area contributed by atoms with Crippen LogP contribution in [0.25, 0.3) is 6.08 Å². The second kappa shape index (κ2) is 6.37. The number of carbonyl (C=O) groups excluding carboxylic acids is 1. The highest BCUT2D eigenvalue weighted by Crippen LogP contribution is 2.07. The van der Waals surface area contributed by atoms with Gasteiger partial charge in [-0.25, -0.2) is 4.79 Å². The van der Waals surface area contributed by atoms with Crippen LogP contribution in [0.3, 0.4) is 0 Å². The minimum atomic E-state index is -1.05. The number of nitrogens with zero attached hydrogens (tertiary/aromatic N) is 4. The smallest absolute Gasteiger partial charge is 0.328 e. The maximum absolute atomic E-state index is 12.0. The highest BCUT2D eigenvalue weighted by atomic mass is 16.4. The topological polar surface area (TPSA) is 134 Å². The number of pyridine rings is 1. The van der Waals surface area contributed by atoms with Crippen molar-refractivity contribution in [3.8, 4) is 0 Å². The molecular formula is C12H12N6O3. The molecule has 0 fully saturated rings. The van der Waals surface area contributed by atoms with Crippen LogP contribution in [-0.4, -0.2) is 42.6 Å². The number of aliphatic carboxylic acids is 1. The number of aromatic nitrogens is 5. The molecule has 9 heteroatoms. The number of tetrazole rings is 1. The van der Waals surface area contributed by atoms with Crippen molar-refractivity contribution < 1.29 is 14.7 Å². The van der Waals surface area contributed by atoms with E-state index in [9.17, 15) is 9.59 Å². The van der Waals surface area contributed by atoms with Crippen molar-refractivity contribution in [3.05, 3.63) is 41.5 Å². The molecular weight excluding hydrogens is 276 g/mol. The van der Waals surface area contributed by atoms with Gasteiger partial charge in [0.25, 0.3) is 5.91 Å². The summed E-state index contributed by atoms with van der Waals surface area (Å²) in [6.07, 6.45) is 3.79. The molecule has 3 N–H and O–H groups in total. The van der Waals surface area contributed by atoms with Gasteiger partial charge in [-0.2, -0.15) is 5.21 Å². The van der Waals surface area contributed by atoms with E-state index < -0.39 is 12.0 Å². The average Bonchev–Trinajstić information content (AvgIpc) is 3.00. The lowest BCUT2D eigenvalue weighted by Gasteiger charge is -2.09. The van der Waals surface area contributed by atoms with Gasteiger partial charge in [-0.3, -0.25) is 9.78 Å². The van der Waals surface area contributed by atoms with E-state index in [1.807, 2.05) is 0 Å². The van der Waals surface area contributed by atoms with Crippen LogP contribution in [0.15, 0.2) is 24.4 Å². The highest BCUT2D eigenvalue weighted by molar-refractivity contribution is 5.92. The molecule has 0 radical (unpaired) electrons. The molecule has 2 aromatic heterocycles.